The first-order valence-electron chi connectivity index (χ1n) is 4.30. The fourth-order valence-electron chi connectivity index (χ4n) is 1.02. The Morgan fingerprint density at radius 1 is 1.60 bits per heavy atom. The van der Waals surface area contributed by atoms with Crippen molar-refractivity contribution in [3.8, 4) is 6.07 Å². The fraction of sp³-hybridized carbons (Fsp3) is 0.0909. The molecule has 0 saturated heterocycles. The third kappa shape index (κ3) is 3.12. The highest BCUT2D eigenvalue weighted by atomic mass is 35.5. The standard InChI is InChI=1S/C11H9ClN2O/c1-2-3-11(15)14-9-5-4-8(7-13)10(12)6-9/h2-6H,1H3,(H,14,15). The van der Waals surface area contributed by atoms with E-state index < -0.39 is 0 Å². The topological polar surface area (TPSA) is 52.9 Å². The predicted molar refractivity (Wildman–Crippen MR) is 59.6 cm³/mol. The van der Waals surface area contributed by atoms with Crippen LogP contribution in [0.3, 0.4) is 0 Å². The van der Waals surface area contributed by atoms with Gasteiger partial charge in [0.2, 0.25) is 5.91 Å². The molecule has 15 heavy (non-hydrogen) atoms. The molecule has 0 spiro atoms. The van der Waals surface area contributed by atoms with Crippen molar-refractivity contribution >= 4 is 23.2 Å². The molecule has 1 aromatic rings. The maximum absolute atomic E-state index is 11.2. The van der Waals surface area contributed by atoms with Gasteiger partial charge in [0.15, 0.2) is 0 Å². The SMILES string of the molecule is CC=CC(=O)Nc1ccc(C#N)c(Cl)c1. The molecule has 0 aliphatic rings. The minimum Gasteiger partial charge on any atom is -0.322 e. The molecule has 0 unspecified atom stereocenters. The van der Waals surface area contributed by atoms with Crippen molar-refractivity contribution in [2.75, 3.05) is 5.32 Å². The number of rotatable bonds is 2. The Morgan fingerprint density at radius 3 is 2.87 bits per heavy atom. The van der Waals surface area contributed by atoms with Crippen LogP contribution in [0.5, 0.6) is 0 Å². The van der Waals surface area contributed by atoms with Crippen LogP contribution >= 0.6 is 11.6 Å². The molecule has 1 rings (SSSR count). The Balaban J connectivity index is 2.85. The van der Waals surface area contributed by atoms with Crippen LogP contribution in [0, 0.1) is 11.3 Å². The van der Waals surface area contributed by atoms with E-state index in [2.05, 4.69) is 5.32 Å². The highest BCUT2D eigenvalue weighted by Gasteiger charge is 2.02. The van der Waals surface area contributed by atoms with Gasteiger partial charge in [-0.3, -0.25) is 4.79 Å². The molecular formula is C11H9ClN2O. The zero-order chi connectivity index (χ0) is 11.3. The minimum atomic E-state index is -0.224. The number of anilines is 1. The largest absolute Gasteiger partial charge is 0.322 e. The monoisotopic (exact) mass is 220 g/mol. The lowest BCUT2D eigenvalue weighted by atomic mass is 10.2. The van der Waals surface area contributed by atoms with Crippen LogP contribution in [-0.2, 0) is 4.79 Å². The van der Waals surface area contributed by atoms with Gasteiger partial charge in [0, 0.05) is 5.69 Å². The van der Waals surface area contributed by atoms with E-state index in [1.165, 1.54) is 6.08 Å². The average molecular weight is 221 g/mol. The Bertz CT molecular complexity index is 446. The number of amides is 1. The summed E-state index contributed by atoms with van der Waals surface area (Å²) < 4.78 is 0. The van der Waals surface area contributed by atoms with Gasteiger partial charge in [-0.05, 0) is 31.2 Å². The maximum atomic E-state index is 11.2. The van der Waals surface area contributed by atoms with E-state index in [-0.39, 0.29) is 5.91 Å². The van der Waals surface area contributed by atoms with E-state index in [1.54, 1.807) is 31.2 Å². The number of nitrogens with one attached hydrogen (secondary N) is 1. The molecule has 0 aliphatic heterocycles. The average Bonchev–Trinajstić information content (AvgIpc) is 2.18. The van der Waals surface area contributed by atoms with E-state index in [0.29, 0.717) is 16.3 Å². The molecule has 76 valence electrons. The fourth-order valence-corrected chi connectivity index (χ4v) is 1.24. The van der Waals surface area contributed by atoms with Crippen LogP contribution in [0.15, 0.2) is 30.4 Å². The first-order chi connectivity index (χ1) is 7.17. The van der Waals surface area contributed by atoms with Gasteiger partial charge in [-0.25, -0.2) is 0 Å². The Morgan fingerprint density at radius 2 is 2.33 bits per heavy atom. The summed E-state index contributed by atoms with van der Waals surface area (Å²) in [6.07, 6.45) is 3.05. The van der Waals surface area contributed by atoms with Gasteiger partial charge in [0.25, 0.3) is 0 Å². The Labute approximate surface area is 93.0 Å². The third-order valence-electron chi connectivity index (χ3n) is 1.68. The summed E-state index contributed by atoms with van der Waals surface area (Å²) in [6.45, 7) is 1.76. The molecule has 0 aromatic heterocycles. The number of benzene rings is 1. The smallest absolute Gasteiger partial charge is 0.248 e. The minimum absolute atomic E-state index is 0.224. The van der Waals surface area contributed by atoms with E-state index in [9.17, 15) is 4.79 Å². The lowest BCUT2D eigenvalue weighted by molar-refractivity contribution is -0.111. The number of nitrogens with zero attached hydrogens (tertiary/aromatic N) is 1. The predicted octanol–water partition coefficient (Wildman–Crippen LogP) is 2.73. The molecule has 1 N–H and O–H groups in total. The number of hydrogen-bond acceptors (Lipinski definition) is 2. The first-order valence-corrected chi connectivity index (χ1v) is 4.68. The van der Waals surface area contributed by atoms with E-state index in [1.807, 2.05) is 6.07 Å². The molecule has 3 nitrogen and oxygen atoms in total. The van der Waals surface area contributed by atoms with Crippen molar-refractivity contribution in [2.24, 2.45) is 0 Å². The molecule has 0 aliphatic carbocycles. The van der Waals surface area contributed by atoms with Crippen molar-refractivity contribution in [1.82, 2.24) is 0 Å². The molecule has 0 fully saturated rings. The molecule has 0 bridgehead atoms. The summed E-state index contributed by atoms with van der Waals surface area (Å²) in [5.41, 5.74) is 0.961. The Hall–Kier alpha value is -1.79. The summed E-state index contributed by atoms with van der Waals surface area (Å²) in [4.78, 5) is 11.2. The van der Waals surface area contributed by atoms with Gasteiger partial charge >= 0.3 is 0 Å². The molecule has 0 saturated carbocycles. The summed E-state index contributed by atoms with van der Waals surface area (Å²) in [6, 6.07) is 6.68. The number of carbonyl (C=O) groups is 1. The number of hydrogen-bond donors (Lipinski definition) is 1. The molecular weight excluding hydrogens is 212 g/mol. The van der Waals surface area contributed by atoms with Crippen molar-refractivity contribution in [2.45, 2.75) is 6.92 Å². The van der Waals surface area contributed by atoms with Gasteiger partial charge in [-0.1, -0.05) is 17.7 Å². The van der Waals surface area contributed by atoms with Crippen molar-refractivity contribution in [3.63, 3.8) is 0 Å². The molecule has 4 heteroatoms. The van der Waals surface area contributed by atoms with Crippen LogP contribution in [0.25, 0.3) is 0 Å². The second-order valence-corrected chi connectivity index (χ2v) is 3.20. The van der Waals surface area contributed by atoms with Crippen molar-refractivity contribution in [3.05, 3.63) is 40.9 Å². The van der Waals surface area contributed by atoms with Crippen LogP contribution < -0.4 is 5.32 Å². The summed E-state index contributed by atoms with van der Waals surface area (Å²) in [5, 5.41) is 11.6. The molecule has 1 aromatic carbocycles. The first kappa shape index (κ1) is 11.3. The zero-order valence-electron chi connectivity index (χ0n) is 8.12. The van der Waals surface area contributed by atoms with Crippen LogP contribution in [0.4, 0.5) is 5.69 Å². The highest BCUT2D eigenvalue weighted by molar-refractivity contribution is 6.32. The zero-order valence-corrected chi connectivity index (χ0v) is 8.88. The Kier molecular flexibility index (Phi) is 3.90. The summed E-state index contributed by atoms with van der Waals surface area (Å²) >= 11 is 5.80. The van der Waals surface area contributed by atoms with Gasteiger partial charge in [0.05, 0.1) is 10.6 Å². The van der Waals surface area contributed by atoms with Crippen molar-refractivity contribution in [1.29, 1.82) is 5.26 Å². The van der Waals surface area contributed by atoms with Crippen molar-refractivity contribution < 1.29 is 4.79 Å². The van der Waals surface area contributed by atoms with Crippen LogP contribution in [0.1, 0.15) is 12.5 Å². The third-order valence-corrected chi connectivity index (χ3v) is 1.99. The van der Waals surface area contributed by atoms with Gasteiger partial charge in [0.1, 0.15) is 6.07 Å². The van der Waals surface area contributed by atoms with E-state index >= 15 is 0 Å². The molecule has 0 radical (unpaired) electrons. The van der Waals surface area contributed by atoms with Gasteiger partial charge in [-0.15, -0.1) is 0 Å². The molecule has 0 heterocycles. The second-order valence-electron chi connectivity index (χ2n) is 2.80. The van der Waals surface area contributed by atoms with E-state index in [4.69, 9.17) is 16.9 Å². The number of nitriles is 1. The lowest BCUT2D eigenvalue weighted by Gasteiger charge is -2.02. The highest BCUT2D eigenvalue weighted by Crippen LogP contribution is 2.19. The van der Waals surface area contributed by atoms with Gasteiger partial charge < -0.3 is 5.32 Å². The molecule has 1 amide bonds. The van der Waals surface area contributed by atoms with Crippen LogP contribution in [0.2, 0.25) is 5.02 Å². The quantitative estimate of drug-likeness (QED) is 0.780. The number of allylic oxidation sites excluding steroid dienone is 1. The van der Waals surface area contributed by atoms with Crippen LogP contribution in [-0.4, -0.2) is 5.91 Å². The van der Waals surface area contributed by atoms with E-state index in [0.717, 1.165) is 0 Å². The normalized spacial score (nSPS) is 9.93. The number of halogens is 1. The number of carbonyl (C=O) groups excluding carboxylic acids is 1. The summed E-state index contributed by atoms with van der Waals surface area (Å²) in [5.74, 6) is -0.224. The molecule has 0 atom stereocenters. The van der Waals surface area contributed by atoms with Gasteiger partial charge in [-0.2, -0.15) is 5.26 Å². The summed E-state index contributed by atoms with van der Waals surface area (Å²) in [7, 11) is 0. The second kappa shape index (κ2) is 5.18. The maximum Gasteiger partial charge on any atom is 0.248 e. The lowest BCUT2D eigenvalue weighted by Crippen LogP contribution is -2.07.